The zero-order valence-electron chi connectivity index (χ0n) is 14.0. The van der Waals surface area contributed by atoms with Gasteiger partial charge in [-0.25, -0.2) is 4.98 Å². The van der Waals surface area contributed by atoms with E-state index < -0.39 is 0 Å². The van der Waals surface area contributed by atoms with Gasteiger partial charge in [-0.1, -0.05) is 6.07 Å². The molecule has 1 saturated heterocycles. The van der Waals surface area contributed by atoms with Gasteiger partial charge in [0.15, 0.2) is 0 Å². The predicted octanol–water partition coefficient (Wildman–Crippen LogP) is 2.06. The molecule has 6 heteroatoms. The number of anilines is 2. The number of methoxy groups -OCH3 is 1. The maximum atomic E-state index is 12.4. The van der Waals surface area contributed by atoms with Gasteiger partial charge in [0.2, 0.25) is 0 Å². The normalized spacial score (nSPS) is 14.3. The Morgan fingerprint density at radius 3 is 2.71 bits per heavy atom. The topological polar surface area (TPSA) is 66.5 Å². The molecule has 0 radical (unpaired) electrons. The zero-order chi connectivity index (χ0) is 16.9. The first-order valence-electron chi connectivity index (χ1n) is 8.05. The molecule has 0 unspecified atom stereocenters. The van der Waals surface area contributed by atoms with Crippen LogP contribution in [-0.4, -0.2) is 44.2 Å². The molecule has 0 saturated carbocycles. The Labute approximate surface area is 141 Å². The Bertz CT molecular complexity index is 709. The summed E-state index contributed by atoms with van der Waals surface area (Å²) in [5.74, 6) is 1.04. The van der Waals surface area contributed by atoms with Crippen molar-refractivity contribution in [2.75, 3.05) is 43.5 Å². The third-order valence-corrected chi connectivity index (χ3v) is 4.14. The molecule has 2 heterocycles. The fraction of sp³-hybridized carbons (Fsp3) is 0.333. The molecule has 6 nitrogen and oxygen atoms in total. The Morgan fingerprint density at radius 1 is 1.25 bits per heavy atom. The lowest BCUT2D eigenvalue weighted by molar-refractivity contribution is 0.102. The highest BCUT2D eigenvalue weighted by Crippen LogP contribution is 2.20. The molecule has 1 aliphatic rings. The third-order valence-electron chi connectivity index (χ3n) is 4.14. The van der Waals surface area contributed by atoms with Crippen LogP contribution in [-0.2, 0) is 0 Å². The SMILES string of the molecule is COc1cc(C(=O)Nc2ccc(N3CCNCC3)cn2)ccc1C. The average molecular weight is 326 g/mol. The molecule has 2 N–H and O–H groups in total. The van der Waals surface area contributed by atoms with Crippen LogP contribution in [0.5, 0.6) is 5.75 Å². The van der Waals surface area contributed by atoms with Crippen molar-refractivity contribution >= 4 is 17.4 Å². The van der Waals surface area contributed by atoms with E-state index in [1.807, 2.05) is 25.1 Å². The van der Waals surface area contributed by atoms with Crippen molar-refractivity contribution < 1.29 is 9.53 Å². The van der Waals surface area contributed by atoms with Crippen molar-refractivity contribution in [3.05, 3.63) is 47.7 Å². The Balaban J connectivity index is 1.68. The zero-order valence-corrected chi connectivity index (χ0v) is 14.0. The monoisotopic (exact) mass is 326 g/mol. The average Bonchev–Trinajstić information content (AvgIpc) is 2.63. The van der Waals surface area contributed by atoms with Crippen LogP contribution in [0, 0.1) is 6.92 Å². The number of benzene rings is 1. The highest BCUT2D eigenvalue weighted by Gasteiger charge is 2.12. The lowest BCUT2D eigenvalue weighted by Crippen LogP contribution is -2.43. The summed E-state index contributed by atoms with van der Waals surface area (Å²) < 4.78 is 5.26. The van der Waals surface area contributed by atoms with Crippen LogP contribution in [0.2, 0.25) is 0 Å². The van der Waals surface area contributed by atoms with Crippen molar-refractivity contribution in [1.29, 1.82) is 0 Å². The number of aryl methyl sites for hydroxylation is 1. The summed E-state index contributed by atoms with van der Waals surface area (Å²) in [5, 5.41) is 6.15. The lowest BCUT2D eigenvalue weighted by Gasteiger charge is -2.29. The number of carbonyl (C=O) groups excluding carboxylic acids is 1. The molecule has 0 atom stereocenters. The number of ether oxygens (including phenoxy) is 1. The second kappa shape index (κ2) is 7.31. The minimum atomic E-state index is -0.198. The third kappa shape index (κ3) is 3.65. The number of carbonyl (C=O) groups is 1. The van der Waals surface area contributed by atoms with Gasteiger partial charge in [-0.15, -0.1) is 0 Å². The van der Waals surface area contributed by atoms with Crippen LogP contribution in [0.3, 0.4) is 0 Å². The number of rotatable bonds is 4. The van der Waals surface area contributed by atoms with Gasteiger partial charge < -0.3 is 20.3 Å². The van der Waals surface area contributed by atoms with Crippen LogP contribution >= 0.6 is 0 Å². The highest BCUT2D eigenvalue weighted by atomic mass is 16.5. The van der Waals surface area contributed by atoms with E-state index in [0.29, 0.717) is 17.1 Å². The molecule has 24 heavy (non-hydrogen) atoms. The Kier molecular flexibility index (Phi) is 4.96. The number of hydrogen-bond acceptors (Lipinski definition) is 5. The quantitative estimate of drug-likeness (QED) is 0.900. The number of pyridine rings is 1. The van der Waals surface area contributed by atoms with Crippen LogP contribution in [0.25, 0.3) is 0 Å². The maximum absolute atomic E-state index is 12.4. The Morgan fingerprint density at radius 2 is 2.04 bits per heavy atom. The van der Waals surface area contributed by atoms with Crippen LogP contribution in [0.1, 0.15) is 15.9 Å². The van der Waals surface area contributed by atoms with E-state index in [-0.39, 0.29) is 5.91 Å². The maximum Gasteiger partial charge on any atom is 0.256 e. The molecule has 2 aromatic rings. The number of amides is 1. The number of aromatic nitrogens is 1. The van der Waals surface area contributed by atoms with E-state index in [9.17, 15) is 4.79 Å². The van der Waals surface area contributed by atoms with E-state index in [1.54, 1.807) is 25.4 Å². The van der Waals surface area contributed by atoms with Gasteiger partial charge in [0.05, 0.1) is 19.0 Å². The van der Waals surface area contributed by atoms with Crippen molar-refractivity contribution in [3.8, 4) is 5.75 Å². The Hall–Kier alpha value is -2.60. The summed E-state index contributed by atoms with van der Waals surface area (Å²) in [4.78, 5) is 19.0. The molecule has 1 aliphatic heterocycles. The molecule has 0 spiro atoms. The van der Waals surface area contributed by atoms with Crippen molar-refractivity contribution in [1.82, 2.24) is 10.3 Å². The van der Waals surface area contributed by atoms with Crippen LogP contribution in [0.4, 0.5) is 11.5 Å². The number of nitrogens with one attached hydrogen (secondary N) is 2. The minimum Gasteiger partial charge on any atom is -0.496 e. The molecular weight excluding hydrogens is 304 g/mol. The molecule has 1 aromatic heterocycles. The first-order chi connectivity index (χ1) is 11.7. The van der Waals surface area contributed by atoms with E-state index in [0.717, 1.165) is 37.4 Å². The number of piperazine rings is 1. The van der Waals surface area contributed by atoms with Gasteiger partial charge in [-0.3, -0.25) is 4.79 Å². The fourth-order valence-electron chi connectivity index (χ4n) is 2.72. The van der Waals surface area contributed by atoms with Gasteiger partial charge in [0, 0.05) is 31.7 Å². The number of nitrogens with zero attached hydrogens (tertiary/aromatic N) is 2. The molecular formula is C18H22N4O2. The molecule has 3 rings (SSSR count). The van der Waals surface area contributed by atoms with Crippen LogP contribution < -0.4 is 20.3 Å². The summed E-state index contributed by atoms with van der Waals surface area (Å²) in [6.45, 7) is 5.84. The van der Waals surface area contributed by atoms with E-state index in [1.165, 1.54) is 0 Å². The van der Waals surface area contributed by atoms with Gasteiger partial charge in [-0.2, -0.15) is 0 Å². The summed E-state index contributed by atoms with van der Waals surface area (Å²) >= 11 is 0. The molecule has 126 valence electrons. The highest BCUT2D eigenvalue weighted by molar-refractivity contribution is 6.04. The molecule has 1 aromatic carbocycles. The van der Waals surface area contributed by atoms with E-state index >= 15 is 0 Å². The smallest absolute Gasteiger partial charge is 0.256 e. The van der Waals surface area contributed by atoms with Crippen molar-refractivity contribution in [2.45, 2.75) is 6.92 Å². The van der Waals surface area contributed by atoms with Gasteiger partial charge in [0.1, 0.15) is 11.6 Å². The molecule has 0 aliphatic carbocycles. The largest absolute Gasteiger partial charge is 0.496 e. The lowest BCUT2D eigenvalue weighted by atomic mass is 10.1. The van der Waals surface area contributed by atoms with Gasteiger partial charge in [-0.05, 0) is 36.8 Å². The predicted molar refractivity (Wildman–Crippen MR) is 95.0 cm³/mol. The summed E-state index contributed by atoms with van der Waals surface area (Å²) in [7, 11) is 1.60. The standard InChI is InChI=1S/C18H22N4O2/c1-13-3-4-14(11-16(13)24-2)18(23)21-17-6-5-15(12-20-17)22-9-7-19-8-10-22/h3-6,11-12,19H,7-10H2,1-2H3,(H,20,21,23). The fourth-order valence-corrected chi connectivity index (χ4v) is 2.72. The van der Waals surface area contributed by atoms with E-state index in [2.05, 4.69) is 20.5 Å². The second-order valence-electron chi connectivity index (χ2n) is 5.78. The number of hydrogen-bond donors (Lipinski definition) is 2. The van der Waals surface area contributed by atoms with Gasteiger partial charge in [0.25, 0.3) is 5.91 Å². The molecule has 1 fully saturated rings. The van der Waals surface area contributed by atoms with Crippen LogP contribution in [0.15, 0.2) is 36.5 Å². The molecule has 1 amide bonds. The van der Waals surface area contributed by atoms with Crippen molar-refractivity contribution in [2.24, 2.45) is 0 Å². The molecule has 0 bridgehead atoms. The summed E-state index contributed by atoms with van der Waals surface area (Å²) in [5.41, 5.74) is 2.62. The minimum absolute atomic E-state index is 0.198. The first kappa shape index (κ1) is 16.3. The summed E-state index contributed by atoms with van der Waals surface area (Å²) in [6.07, 6.45) is 1.80. The van der Waals surface area contributed by atoms with E-state index in [4.69, 9.17) is 4.74 Å². The summed E-state index contributed by atoms with van der Waals surface area (Å²) in [6, 6.07) is 9.21. The van der Waals surface area contributed by atoms with Gasteiger partial charge >= 0.3 is 0 Å². The second-order valence-corrected chi connectivity index (χ2v) is 5.78. The van der Waals surface area contributed by atoms with Crippen molar-refractivity contribution in [3.63, 3.8) is 0 Å². The first-order valence-corrected chi connectivity index (χ1v) is 8.05.